The second-order valence-electron chi connectivity index (χ2n) is 11.8. The SMILES string of the molecule is CC(C)N(CCCCNc1nc2ccc(C(C)(C)C)cc2[nH]1)CC1CC(O)C(n2cnc3c(N)ncnc32)O1. The number of imidazole rings is 2. The van der Waals surface area contributed by atoms with Gasteiger partial charge in [0.05, 0.1) is 23.5 Å². The van der Waals surface area contributed by atoms with Gasteiger partial charge in [0.2, 0.25) is 5.95 Å². The normalized spacial score (nSPS) is 20.2. The van der Waals surface area contributed by atoms with E-state index in [4.69, 9.17) is 10.5 Å². The van der Waals surface area contributed by atoms with Crippen LogP contribution in [0, 0.1) is 0 Å². The van der Waals surface area contributed by atoms with Gasteiger partial charge in [-0.2, -0.15) is 0 Å². The van der Waals surface area contributed by atoms with Gasteiger partial charge >= 0.3 is 0 Å². The third kappa shape index (κ3) is 6.00. The lowest BCUT2D eigenvalue weighted by molar-refractivity contribution is -0.0453. The Morgan fingerprint density at radius 3 is 2.82 bits per heavy atom. The average Bonchev–Trinajstić information content (AvgIpc) is 3.58. The van der Waals surface area contributed by atoms with E-state index in [1.165, 1.54) is 11.9 Å². The van der Waals surface area contributed by atoms with Crippen molar-refractivity contribution in [3.63, 3.8) is 0 Å². The van der Waals surface area contributed by atoms with Crippen LogP contribution in [-0.2, 0) is 10.2 Å². The van der Waals surface area contributed by atoms with Crippen LogP contribution in [0.1, 0.15) is 65.7 Å². The molecule has 0 bridgehead atoms. The van der Waals surface area contributed by atoms with Gasteiger partial charge in [-0.05, 0) is 56.3 Å². The molecule has 0 aliphatic carbocycles. The third-order valence-electron chi connectivity index (χ3n) is 7.51. The fourth-order valence-electron chi connectivity index (χ4n) is 5.18. The second kappa shape index (κ2) is 11.1. The number of nitrogens with one attached hydrogen (secondary N) is 2. The fourth-order valence-corrected chi connectivity index (χ4v) is 5.18. The first-order valence-electron chi connectivity index (χ1n) is 13.8. The largest absolute Gasteiger partial charge is 0.388 e. The van der Waals surface area contributed by atoms with Crippen LogP contribution < -0.4 is 11.1 Å². The highest BCUT2D eigenvalue weighted by Gasteiger charge is 2.37. The number of aliphatic hydroxyl groups excluding tert-OH is 1. The lowest BCUT2D eigenvalue weighted by Gasteiger charge is -2.29. The minimum Gasteiger partial charge on any atom is -0.388 e. The van der Waals surface area contributed by atoms with Crippen molar-refractivity contribution in [2.75, 3.05) is 30.7 Å². The van der Waals surface area contributed by atoms with Gasteiger partial charge in [0.15, 0.2) is 17.7 Å². The monoisotopic (exact) mass is 535 g/mol. The summed E-state index contributed by atoms with van der Waals surface area (Å²) in [6.45, 7) is 13.6. The number of hydrogen-bond acceptors (Lipinski definition) is 9. The average molecular weight is 536 g/mol. The number of ether oxygens (including phenoxy) is 1. The highest BCUT2D eigenvalue weighted by atomic mass is 16.5. The maximum atomic E-state index is 10.8. The molecule has 0 spiro atoms. The minimum absolute atomic E-state index is 0.0873. The van der Waals surface area contributed by atoms with Crippen molar-refractivity contribution >= 4 is 34.0 Å². The van der Waals surface area contributed by atoms with Gasteiger partial charge < -0.3 is 25.9 Å². The molecule has 11 heteroatoms. The van der Waals surface area contributed by atoms with Gasteiger partial charge in [-0.25, -0.2) is 19.9 Å². The van der Waals surface area contributed by atoms with Crippen molar-refractivity contribution in [3.05, 3.63) is 36.4 Å². The van der Waals surface area contributed by atoms with Crippen molar-refractivity contribution in [1.82, 2.24) is 34.4 Å². The molecule has 1 saturated heterocycles. The molecule has 0 amide bonds. The summed E-state index contributed by atoms with van der Waals surface area (Å²) in [5, 5.41) is 14.2. The molecule has 3 aromatic heterocycles. The van der Waals surface area contributed by atoms with Crippen molar-refractivity contribution < 1.29 is 9.84 Å². The predicted octanol–water partition coefficient (Wildman–Crippen LogP) is 3.83. The fraction of sp³-hybridized carbons (Fsp3) is 0.571. The number of aromatic nitrogens is 6. The van der Waals surface area contributed by atoms with Gasteiger partial charge in [-0.15, -0.1) is 0 Å². The molecule has 210 valence electrons. The summed E-state index contributed by atoms with van der Waals surface area (Å²) in [6.07, 6.45) is 4.36. The van der Waals surface area contributed by atoms with E-state index in [1.807, 2.05) is 0 Å². The molecule has 5 N–H and O–H groups in total. The number of anilines is 2. The number of nitrogens with zero attached hydrogens (tertiary/aromatic N) is 6. The van der Waals surface area contributed by atoms with Crippen LogP contribution in [-0.4, -0.2) is 77.4 Å². The summed E-state index contributed by atoms with van der Waals surface area (Å²) in [7, 11) is 0. The Hall–Kier alpha value is -3.28. The number of benzene rings is 1. The molecule has 0 saturated carbocycles. The number of nitrogens with two attached hydrogens (primary N) is 1. The summed E-state index contributed by atoms with van der Waals surface area (Å²) in [6, 6.07) is 6.80. The number of aromatic amines is 1. The lowest BCUT2D eigenvalue weighted by Crippen LogP contribution is -2.38. The highest BCUT2D eigenvalue weighted by Crippen LogP contribution is 2.32. The van der Waals surface area contributed by atoms with Crippen molar-refractivity contribution in [2.45, 2.75) is 83.8 Å². The topological polar surface area (TPSA) is 143 Å². The van der Waals surface area contributed by atoms with Crippen LogP contribution in [0.4, 0.5) is 11.8 Å². The van der Waals surface area contributed by atoms with Crippen molar-refractivity contribution in [1.29, 1.82) is 0 Å². The number of hydrogen-bond donors (Lipinski definition) is 4. The molecule has 1 aliphatic heterocycles. The van der Waals surface area contributed by atoms with Gasteiger partial charge in [0.25, 0.3) is 0 Å². The van der Waals surface area contributed by atoms with E-state index in [-0.39, 0.29) is 11.5 Å². The van der Waals surface area contributed by atoms with Crippen LogP contribution in [0.5, 0.6) is 0 Å². The molecule has 3 unspecified atom stereocenters. The van der Waals surface area contributed by atoms with E-state index < -0.39 is 12.3 Å². The lowest BCUT2D eigenvalue weighted by atomic mass is 9.87. The molecule has 1 aliphatic rings. The van der Waals surface area contributed by atoms with Gasteiger partial charge in [0.1, 0.15) is 17.9 Å². The quantitative estimate of drug-likeness (QED) is 0.223. The number of H-pyrrole nitrogens is 1. The van der Waals surface area contributed by atoms with Crippen LogP contribution in [0.3, 0.4) is 0 Å². The van der Waals surface area contributed by atoms with E-state index >= 15 is 0 Å². The molecule has 4 heterocycles. The Morgan fingerprint density at radius 1 is 1.23 bits per heavy atom. The first-order chi connectivity index (χ1) is 18.6. The Bertz CT molecular complexity index is 1410. The van der Waals surface area contributed by atoms with E-state index in [2.05, 4.69) is 88.0 Å². The number of fused-ring (bicyclic) bond motifs is 2. The number of nitrogen functional groups attached to an aromatic ring is 1. The molecule has 11 nitrogen and oxygen atoms in total. The van der Waals surface area contributed by atoms with Gasteiger partial charge in [-0.3, -0.25) is 9.47 Å². The summed E-state index contributed by atoms with van der Waals surface area (Å²) in [5.41, 5.74) is 10.5. The Kier molecular flexibility index (Phi) is 7.75. The number of rotatable bonds is 10. The second-order valence-corrected chi connectivity index (χ2v) is 11.8. The van der Waals surface area contributed by atoms with E-state index in [0.29, 0.717) is 29.4 Å². The smallest absolute Gasteiger partial charge is 0.201 e. The summed E-state index contributed by atoms with van der Waals surface area (Å²) in [4.78, 5) is 23.1. The Balaban J connectivity index is 1.11. The summed E-state index contributed by atoms with van der Waals surface area (Å²) < 4.78 is 8.05. The summed E-state index contributed by atoms with van der Waals surface area (Å²) >= 11 is 0. The maximum absolute atomic E-state index is 10.8. The first kappa shape index (κ1) is 27.3. The number of unbranched alkanes of at least 4 members (excludes halogenated alkanes) is 1. The highest BCUT2D eigenvalue weighted by molar-refractivity contribution is 5.81. The maximum Gasteiger partial charge on any atom is 0.201 e. The molecular weight excluding hydrogens is 494 g/mol. The Labute approximate surface area is 229 Å². The van der Waals surface area contributed by atoms with Gasteiger partial charge in [-0.1, -0.05) is 26.8 Å². The molecule has 4 aromatic rings. The van der Waals surface area contributed by atoms with Gasteiger partial charge in [0, 0.05) is 25.6 Å². The third-order valence-corrected chi connectivity index (χ3v) is 7.51. The molecule has 3 atom stereocenters. The Morgan fingerprint density at radius 2 is 2.05 bits per heavy atom. The van der Waals surface area contributed by atoms with Crippen LogP contribution in [0.25, 0.3) is 22.2 Å². The molecular formula is C28H41N9O2. The van der Waals surface area contributed by atoms with E-state index in [9.17, 15) is 5.11 Å². The standard InChI is InChI=1S/C28H41N9O2/c1-17(2)36(11-7-6-10-30-27-34-20-9-8-18(28(3,4)5)12-21(20)35-27)14-19-13-22(38)26(39-19)37-16-33-23-24(29)31-15-32-25(23)37/h8-9,12,15-17,19,22,26,38H,6-7,10-11,13-14H2,1-5H3,(H2,29,31,32)(H2,30,34,35). The predicted molar refractivity (Wildman–Crippen MR) is 153 cm³/mol. The molecule has 5 rings (SSSR count). The minimum atomic E-state index is -0.648. The summed E-state index contributed by atoms with van der Waals surface area (Å²) in [5.74, 6) is 1.13. The molecule has 39 heavy (non-hydrogen) atoms. The van der Waals surface area contributed by atoms with Crippen molar-refractivity contribution in [2.24, 2.45) is 0 Å². The van der Waals surface area contributed by atoms with Crippen molar-refractivity contribution in [3.8, 4) is 0 Å². The molecule has 0 radical (unpaired) electrons. The molecule has 1 fully saturated rings. The van der Waals surface area contributed by atoms with Crippen LogP contribution >= 0.6 is 0 Å². The van der Waals surface area contributed by atoms with E-state index in [1.54, 1.807) is 10.9 Å². The van der Waals surface area contributed by atoms with Crippen LogP contribution in [0.15, 0.2) is 30.9 Å². The zero-order chi connectivity index (χ0) is 27.7. The van der Waals surface area contributed by atoms with Crippen LogP contribution in [0.2, 0.25) is 0 Å². The first-order valence-corrected chi connectivity index (χ1v) is 13.8. The molecule has 1 aromatic carbocycles. The zero-order valence-corrected chi connectivity index (χ0v) is 23.6. The zero-order valence-electron chi connectivity index (χ0n) is 23.6. The number of aliphatic hydroxyl groups is 1. The van der Waals surface area contributed by atoms with E-state index in [0.717, 1.165) is 49.5 Å².